The lowest BCUT2D eigenvalue weighted by atomic mass is 9.79. The highest BCUT2D eigenvalue weighted by Gasteiger charge is 2.45. The number of carbonyl (C=O) groups is 1. The van der Waals surface area contributed by atoms with Crippen molar-refractivity contribution < 1.29 is 14.6 Å². The van der Waals surface area contributed by atoms with Crippen LogP contribution in [-0.4, -0.2) is 33.8 Å². The summed E-state index contributed by atoms with van der Waals surface area (Å²) in [6, 6.07) is 0. The minimum atomic E-state index is -0.863. The monoisotopic (exact) mass is 224 g/mol. The van der Waals surface area contributed by atoms with Gasteiger partial charge in [0.25, 0.3) is 0 Å². The standard InChI is InChI=1S/C11H16N2O3/c1-2-13-6-5-12-9(13)11(10(14)15)3-7-16-8-4-11/h5-6H,2-4,7-8H2,1H3,(H,14,15). The predicted molar refractivity (Wildman–Crippen MR) is 57.3 cm³/mol. The molecule has 0 saturated carbocycles. The number of ether oxygens (including phenoxy) is 1. The van der Waals surface area contributed by atoms with Crippen LogP contribution in [0.4, 0.5) is 0 Å². The van der Waals surface area contributed by atoms with E-state index in [1.165, 1.54) is 0 Å². The Kier molecular flexibility index (Phi) is 2.96. The highest BCUT2D eigenvalue weighted by Crippen LogP contribution is 2.34. The lowest BCUT2D eigenvalue weighted by molar-refractivity contribution is -0.148. The van der Waals surface area contributed by atoms with Crippen molar-refractivity contribution in [2.24, 2.45) is 0 Å². The molecule has 1 aromatic rings. The Morgan fingerprint density at radius 3 is 2.88 bits per heavy atom. The molecule has 2 heterocycles. The van der Waals surface area contributed by atoms with Crippen LogP contribution < -0.4 is 0 Å². The van der Waals surface area contributed by atoms with Crippen LogP contribution in [0.25, 0.3) is 0 Å². The third-order valence-corrected chi connectivity index (χ3v) is 3.24. The van der Waals surface area contributed by atoms with E-state index < -0.39 is 11.4 Å². The smallest absolute Gasteiger partial charge is 0.317 e. The molecule has 1 aliphatic heterocycles. The molecular weight excluding hydrogens is 208 g/mol. The van der Waals surface area contributed by atoms with Gasteiger partial charge < -0.3 is 14.4 Å². The summed E-state index contributed by atoms with van der Waals surface area (Å²) in [7, 11) is 0. The summed E-state index contributed by atoms with van der Waals surface area (Å²) < 4.78 is 7.15. The van der Waals surface area contributed by atoms with Crippen molar-refractivity contribution in [2.45, 2.75) is 31.7 Å². The lowest BCUT2D eigenvalue weighted by Gasteiger charge is -2.32. The summed E-state index contributed by atoms with van der Waals surface area (Å²) in [5, 5.41) is 9.47. The average molecular weight is 224 g/mol. The number of aliphatic carboxylic acids is 1. The van der Waals surface area contributed by atoms with E-state index in [4.69, 9.17) is 4.74 Å². The molecule has 0 radical (unpaired) electrons. The molecule has 0 atom stereocenters. The van der Waals surface area contributed by atoms with Crippen molar-refractivity contribution in [1.29, 1.82) is 0 Å². The Bertz CT molecular complexity index is 380. The first-order valence-corrected chi connectivity index (χ1v) is 5.53. The third-order valence-electron chi connectivity index (χ3n) is 3.24. The highest BCUT2D eigenvalue weighted by molar-refractivity contribution is 5.80. The normalized spacial score (nSPS) is 19.6. The summed E-state index contributed by atoms with van der Waals surface area (Å²) in [6.07, 6.45) is 4.49. The number of aryl methyl sites for hydroxylation is 1. The number of carboxylic acids is 1. The molecule has 1 aromatic heterocycles. The zero-order valence-electron chi connectivity index (χ0n) is 9.35. The van der Waals surface area contributed by atoms with Crippen molar-refractivity contribution in [3.8, 4) is 0 Å². The van der Waals surface area contributed by atoms with Crippen LogP contribution in [0.1, 0.15) is 25.6 Å². The van der Waals surface area contributed by atoms with Gasteiger partial charge in [-0.3, -0.25) is 4.79 Å². The molecule has 5 nitrogen and oxygen atoms in total. The molecule has 0 aromatic carbocycles. The fourth-order valence-corrected chi connectivity index (χ4v) is 2.24. The van der Waals surface area contributed by atoms with Crippen molar-refractivity contribution in [2.75, 3.05) is 13.2 Å². The first-order valence-electron chi connectivity index (χ1n) is 5.53. The van der Waals surface area contributed by atoms with Crippen molar-refractivity contribution in [3.05, 3.63) is 18.2 Å². The van der Waals surface area contributed by atoms with Crippen molar-refractivity contribution in [1.82, 2.24) is 9.55 Å². The molecular formula is C11H16N2O3. The molecule has 5 heteroatoms. The molecule has 0 spiro atoms. The molecule has 1 saturated heterocycles. The van der Waals surface area contributed by atoms with E-state index in [0.29, 0.717) is 31.9 Å². The topological polar surface area (TPSA) is 64.4 Å². The van der Waals surface area contributed by atoms with Crippen LogP contribution in [0, 0.1) is 0 Å². The van der Waals surface area contributed by atoms with Gasteiger partial charge in [-0.1, -0.05) is 0 Å². The Labute approximate surface area is 94.1 Å². The quantitative estimate of drug-likeness (QED) is 0.833. The summed E-state index contributed by atoms with van der Waals surface area (Å²) in [6.45, 7) is 3.71. The molecule has 0 amide bonds. The molecule has 0 unspecified atom stereocenters. The maximum Gasteiger partial charge on any atom is 0.317 e. The van der Waals surface area contributed by atoms with E-state index in [1.54, 1.807) is 6.20 Å². The van der Waals surface area contributed by atoms with Crippen LogP contribution in [-0.2, 0) is 21.5 Å². The molecule has 1 fully saturated rings. The van der Waals surface area contributed by atoms with Crippen molar-refractivity contribution in [3.63, 3.8) is 0 Å². The van der Waals surface area contributed by atoms with Crippen LogP contribution in [0.5, 0.6) is 0 Å². The lowest BCUT2D eigenvalue weighted by Crippen LogP contribution is -2.43. The predicted octanol–water partition coefficient (Wildman–Crippen LogP) is 1.04. The second kappa shape index (κ2) is 4.25. The minimum Gasteiger partial charge on any atom is -0.480 e. The van der Waals surface area contributed by atoms with Crippen molar-refractivity contribution >= 4 is 5.97 Å². The van der Waals surface area contributed by atoms with E-state index in [1.807, 2.05) is 17.7 Å². The molecule has 0 aliphatic carbocycles. The van der Waals surface area contributed by atoms with Gasteiger partial charge in [-0.2, -0.15) is 0 Å². The third kappa shape index (κ3) is 1.61. The summed E-state index contributed by atoms with van der Waals surface area (Å²) >= 11 is 0. The number of nitrogens with zero attached hydrogens (tertiary/aromatic N) is 2. The largest absolute Gasteiger partial charge is 0.480 e. The Hall–Kier alpha value is -1.36. The molecule has 2 rings (SSSR count). The molecule has 16 heavy (non-hydrogen) atoms. The number of rotatable bonds is 3. The van der Waals surface area contributed by atoms with Gasteiger partial charge in [-0.05, 0) is 19.8 Å². The van der Waals surface area contributed by atoms with E-state index in [-0.39, 0.29) is 0 Å². The van der Waals surface area contributed by atoms with Gasteiger partial charge in [-0.25, -0.2) is 4.98 Å². The van der Waals surface area contributed by atoms with E-state index >= 15 is 0 Å². The molecule has 1 N–H and O–H groups in total. The summed E-state index contributed by atoms with van der Waals surface area (Å²) in [5.74, 6) is -0.137. The Morgan fingerprint density at radius 2 is 2.31 bits per heavy atom. The molecule has 1 aliphatic rings. The Balaban J connectivity index is 2.42. The minimum absolute atomic E-state index is 0.489. The zero-order valence-corrected chi connectivity index (χ0v) is 9.35. The maximum atomic E-state index is 11.5. The van der Waals surface area contributed by atoms with Gasteiger partial charge in [0.2, 0.25) is 0 Å². The number of carboxylic acid groups (broad SMARTS) is 1. The van der Waals surface area contributed by atoms with Crippen LogP contribution in [0.2, 0.25) is 0 Å². The first kappa shape index (κ1) is 11.1. The fraction of sp³-hybridized carbons (Fsp3) is 0.636. The highest BCUT2D eigenvalue weighted by atomic mass is 16.5. The number of hydrogen-bond acceptors (Lipinski definition) is 3. The molecule has 88 valence electrons. The fourth-order valence-electron chi connectivity index (χ4n) is 2.24. The van der Waals surface area contributed by atoms with Gasteiger partial charge in [0.15, 0.2) is 0 Å². The summed E-state index contributed by atoms with van der Waals surface area (Å²) in [4.78, 5) is 15.8. The zero-order chi connectivity index (χ0) is 11.6. The average Bonchev–Trinajstić information content (AvgIpc) is 2.78. The Morgan fingerprint density at radius 1 is 1.62 bits per heavy atom. The maximum absolute atomic E-state index is 11.5. The van der Waals surface area contributed by atoms with Gasteiger partial charge >= 0.3 is 5.97 Å². The van der Waals surface area contributed by atoms with Gasteiger partial charge in [0.05, 0.1) is 0 Å². The van der Waals surface area contributed by atoms with Crippen LogP contribution in [0.15, 0.2) is 12.4 Å². The van der Waals surface area contributed by atoms with E-state index in [9.17, 15) is 9.90 Å². The van der Waals surface area contributed by atoms with Gasteiger partial charge in [-0.15, -0.1) is 0 Å². The number of hydrogen-bond donors (Lipinski definition) is 1. The van der Waals surface area contributed by atoms with E-state index in [2.05, 4.69) is 4.98 Å². The van der Waals surface area contributed by atoms with Gasteiger partial charge in [0, 0.05) is 32.2 Å². The van der Waals surface area contributed by atoms with E-state index in [0.717, 1.165) is 6.54 Å². The second-order valence-electron chi connectivity index (χ2n) is 4.04. The van der Waals surface area contributed by atoms with Gasteiger partial charge in [0.1, 0.15) is 11.2 Å². The second-order valence-corrected chi connectivity index (χ2v) is 4.04. The van der Waals surface area contributed by atoms with Crippen LogP contribution >= 0.6 is 0 Å². The van der Waals surface area contributed by atoms with Crippen LogP contribution in [0.3, 0.4) is 0 Å². The number of imidazole rings is 1. The summed E-state index contributed by atoms with van der Waals surface area (Å²) in [5.41, 5.74) is -0.863. The molecule has 0 bridgehead atoms. The SMILES string of the molecule is CCn1ccnc1C1(C(=O)O)CCOCC1. The number of aromatic nitrogens is 2. The first-order chi connectivity index (χ1) is 7.70.